The number of benzene rings is 1. The second kappa shape index (κ2) is 6.32. The Labute approximate surface area is 135 Å². The summed E-state index contributed by atoms with van der Waals surface area (Å²) in [6.45, 7) is 0.703. The molecule has 1 aromatic carbocycles. The standard InChI is InChI=1S/C15H14BrN3OS/c1-20-13-7-11(4-5-12(13)16)17-8-10-9-18-19-15(10)14-3-2-6-21-14/h2-7,9,17H,8H2,1H3,(H,18,19). The van der Waals surface area contributed by atoms with Crippen molar-refractivity contribution >= 4 is 33.0 Å². The summed E-state index contributed by atoms with van der Waals surface area (Å²) >= 11 is 5.15. The number of nitrogens with one attached hydrogen (secondary N) is 2. The van der Waals surface area contributed by atoms with Gasteiger partial charge in [-0.1, -0.05) is 6.07 Å². The topological polar surface area (TPSA) is 49.9 Å². The molecular weight excluding hydrogens is 350 g/mol. The average Bonchev–Trinajstić information content (AvgIpc) is 3.17. The third-order valence-electron chi connectivity index (χ3n) is 3.12. The van der Waals surface area contributed by atoms with Crippen molar-refractivity contribution in [1.82, 2.24) is 10.2 Å². The van der Waals surface area contributed by atoms with E-state index < -0.39 is 0 Å². The number of aromatic nitrogens is 2. The average molecular weight is 364 g/mol. The highest BCUT2D eigenvalue weighted by Crippen LogP contribution is 2.29. The fourth-order valence-corrected chi connectivity index (χ4v) is 3.21. The number of aromatic amines is 1. The van der Waals surface area contributed by atoms with E-state index in [4.69, 9.17) is 4.74 Å². The summed E-state index contributed by atoms with van der Waals surface area (Å²) in [5.41, 5.74) is 3.22. The summed E-state index contributed by atoms with van der Waals surface area (Å²) in [5, 5.41) is 12.7. The van der Waals surface area contributed by atoms with Crippen molar-refractivity contribution in [3.8, 4) is 16.3 Å². The number of halogens is 1. The first-order valence-electron chi connectivity index (χ1n) is 6.41. The van der Waals surface area contributed by atoms with Crippen LogP contribution < -0.4 is 10.1 Å². The van der Waals surface area contributed by atoms with Gasteiger partial charge in [0.05, 0.1) is 28.4 Å². The van der Waals surface area contributed by atoms with Crippen LogP contribution >= 0.6 is 27.3 Å². The summed E-state index contributed by atoms with van der Waals surface area (Å²) in [7, 11) is 1.66. The summed E-state index contributed by atoms with van der Waals surface area (Å²) in [5.74, 6) is 0.811. The molecule has 0 aliphatic rings. The van der Waals surface area contributed by atoms with Gasteiger partial charge in [-0.05, 0) is 39.5 Å². The smallest absolute Gasteiger partial charge is 0.135 e. The van der Waals surface area contributed by atoms with E-state index in [2.05, 4.69) is 42.9 Å². The van der Waals surface area contributed by atoms with Gasteiger partial charge in [-0.25, -0.2) is 0 Å². The molecule has 0 spiro atoms. The maximum Gasteiger partial charge on any atom is 0.135 e. The van der Waals surface area contributed by atoms with E-state index in [0.29, 0.717) is 6.54 Å². The zero-order valence-corrected chi connectivity index (χ0v) is 13.8. The summed E-state index contributed by atoms with van der Waals surface area (Å²) in [6, 6.07) is 10.1. The number of thiophene rings is 1. The Hall–Kier alpha value is -1.79. The van der Waals surface area contributed by atoms with Crippen molar-refractivity contribution in [2.24, 2.45) is 0 Å². The molecule has 0 aliphatic carbocycles. The lowest BCUT2D eigenvalue weighted by Crippen LogP contribution is -2.00. The third-order valence-corrected chi connectivity index (χ3v) is 4.66. The summed E-state index contributed by atoms with van der Waals surface area (Å²) in [6.07, 6.45) is 1.86. The Bertz CT molecular complexity index is 724. The van der Waals surface area contributed by atoms with Gasteiger partial charge in [0.15, 0.2) is 0 Å². The van der Waals surface area contributed by atoms with E-state index in [1.165, 1.54) is 4.88 Å². The van der Waals surface area contributed by atoms with Crippen LogP contribution in [0.15, 0.2) is 46.4 Å². The molecule has 108 valence electrons. The molecule has 0 radical (unpaired) electrons. The van der Waals surface area contributed by atoms with Crippen LogP contribution in [-0.4, -0.2) is 17.3 Å². The summed E-state index contributed by atoms with van der Waals surface area (Å²) in [4.78, 5) is 1.19. The molecule has 0 saturated heterocycles. The lowest BCUT2D eigenvalue weighted by molar-refractivity contribution is 0.412. The minimum absolute atomic E-state index is 0.703. The highest BCUT2D eigenvalue weighted by atomic mass is 79.9. The van der Waals surface area contributed by atoms with Gasteiger partial charge in [0, 0.05) is 23.9 Å². The lowest BCUT2D eigenvalue weighted by atomic mass is 10.2. The quantitative estimate of drug-likeness (QED) is 0.700. The molecule has 0 unspecified atom stereocenters. The Balaban J connectivity index is 1.75. The van der Waals surface area contributed by atoms with Crippen molar-refractivity contribution < 1.29 is 4.74 Å². The van der Waals surface area contributed by atoms with Crippen molar-refractivity contribution in [3.05, 3.63) is 51.9 Å². The number of hydrogen-bond acceptors (Lipinski definition) is 4. The molecule has 4 nitrogen and oxygen atoms in total. The lowest BCUT2D eigenvalue weighted by Gasteiger charge is -2.09. The number of hydrogen-bond donors (Lipinski definition) is 2. The monoisotopic (exact) mass is 363 g/mol. The van der Waals surface area contributed by atoms with Gasteiger partial charge in [0.2, 0.25) is 0 Å². The number of H-pyrrole nitrogens is 1. The van der Waals surface area contributed by atoms with Gasteiger partial charge in [-0.15, -0.1) is 11.3 Å². The van der Waals surface area contributed by atoms with Crippen LogP contribution in [0.4, 0.5) is 5.69 Å². The second-order valence-electron chi connectivity index (χ2n) is 4.45. The molecule has 0 amide bonds. The van der Waals surface area contributed by atoms with Gasteiger partial charge in [-0.3, -0.25) is 5.10 Å². The molecule has 2 N–H and O–H groups in total. The molecule has 3 rings (SSSR count). The van der Waals surface area contributed by atoms with E-state index in [1.54, 1.807) is 18.4 Å². The van der Waals surface area contributed by atoms with E-state index in [1.807, 2.05) is 30.5 Å². The van der Waals surface area contributed by atoms with Crippen LogP contribution in [0, 0.1) is 0 Å². The first-order valence-corrected chi connectivity index (χ1v) is 8.08. The summed E-state index contributed by atoms with van der Waals surface area (Å²) < 4.78 is 6.24. The second-order valence-corrected chi connectivity index (χ2v) is 6.25. The highest BCUT2D eigenvalue weighted by Gasteiger charge is 2.09. The number of anilines is 1. The highest BCUT2D eigenvalue weighted by molar-refractivity contribution is 9.10. The first-order chi connectivity index (χ1) is 10.3. The number of ether oxygens (including phenoxy) is 1. The SMILES string of the molecule is COc1cc(NCc2cn[nH]c2-c2cccs2)ccc1Br. The van der Waals surface area contributed by atoms with Gasteiger partial charge < -0.3 is 10.1 Å². The third kappa shape index (κ3) is 3.11. The molecule has 0 bridgehead atoms. The molecule has 21 heavy (non-hydrogen) atoms. The largest absolute Gasteiger partial charge is 0.495 e. The van der Waals surface area contributed by atoms with Gasteiger partial charge in [0.25, 0.3) is 0 Å². The molecule has 0 fully saturated rings. The Morgan fingerprint density at radius 1 is 1.38 bits per heavy atom. The maximum atomic E-state index is 5.30. The maximum absolute atomic E-state index is 5.30. The van der Waals surface area contributed by atoms with Crippen LogP contribution in [-0.2, 0) is 6.54 Å². The van der Waals surface area contributed by atoms with Gasteiger partial charge in [0.1, 0.15) is 5.75 Å². The Morgan fingerprint density at radius 2 is 2.29 bits per heavy atom. The van der Waals surface area contributed by atoms with Crippen molar-refractivity contribution in [1.29, 1.82) is 0 Å². The fraction of sp³-hybridized carbons (Fsp3) is 0.133. The van der Waals surface area contributed by atoms with E-state index in [-0.39, 0.29) is 0 Å². The van der Waals surface area contributed by atoms with E-state index in [0.717, 1.165) is 27.2 Å². The molecule has 6 heteroatoms. The van der Waals surface area contributed by atoms with Crippen LogP contribution in [0.1, 0.15) is 5.56 Å². The van der Waals surface area contributed by atoms with Gasteiger partial charge >= 0.3 is 0 Å². The van der Waals surface area contributed by atoms with E-state index >= 15 is 0 Å². The minimum atomic E-state index is 0.703. The molecule has 2 heterocycles. The van der Waals surface area contributed by atoms with Gasteiger partial charge in [-0.2, -0.15) is 5.10 Å². The molecule has 0 atom stereocenters. The number of methoxy groups -OCH3 is 1. The van der Waals surface area contributed by atoms with Crippen LogP contribution in [0.3, 0.4) is 0 Å². The normalized spacial score (nSPS) is 10.6. The molecule has 3 aromatic rings. The zero-order valence-electron chi connectivity index (χ0n) is 11.4. The molecule has 2 aromatic heterocycles. The van der Waals surface area contributed by atoms with Crippen LogP contribution in [0.2, 0.25) is 0 Å². The molecular formula is C15H14BrN3OS. The number of rotatable bonds is 5. The van der Waals surface area contributed by atoms with Crippen molar-refractivity contribution in [3.63, 3.8) is 0 Å². The Morgan fingerprint density at radius 3 is 3.05 bits per heavy atom. The molecule has 0 aliphatic heterocycles. The minimum Gasteiger partial charge on any atom is -0.495 e. The first kappa shape index (κ1) is 14.2. The fourth-order valence-electron chi connectivity index (χ4n) is 2.05. The van der Waals surface area contributed by atoms with Crippen molar-refractivity contribution in [2.45, 2.75) is 6.54 Å². The number of nitrogens with zero attached hydrogens (tertiary/aromatic N) is 1. The predicted molar refractivity (Wildman–Crippen MR) is 89.9 cm³/mol. The van der Waals surface area contributed by atoms with Crippen LogP contribution in [0.25, 0.3) is 10.6 Å². The zero-order chi connectivity index (χ0) is 14.7. The van der Waals surface area contributed by atoms with E-state index in [9.17, 15) is 0 Å². The van der Waals surface area contributed by atoms with Crippen LogP contribution in [0.5, 0.6) is 5.75 Å². The predicted octanol–water partition coefficient (Wildman–Crippen LogP) is 4.52. The Kier molecular flexibility index (Phi) is 4.26. The van der Waals surface area contributed by atoms with Crippen molar-refractivity contribution in [2.75, 3.05) is 12.4 Å². The molecule has 0 saturated carbocycles.